The summed E-state index contributed by atoms with van der Waals surface area (Å²) in [5, 5.41) is 0. The fourth-order valence-corrected chi connectivity index (χ4v) is 2.59. The zero-order valence-corrected chi connectivity index (χ0v) is 12.3. The van der Waals surface area contributed by atoms with Crippen LogP contribution in [0.25, 0.3) is 0 Å². The maximum absolute atomic E-state index is 11.9. The lowest BCUT2D eigenvalue weighted by Gasteiger charge is -2.37. The number of anilines is 2. The Hall–Kier alpha value is -1.75. The summed E-state index contributed by atoms with van der Waals surface area (Å²) in [6.07, 6.45) is 0.286. The average molecular weight is 278 g/mol. The van der Waals surface area contributed by atoms with Crippen LogP contribution in [0.5, 0.6) is 0 Å². The van der Waals surface area contributed by atoms with Crippen molar-refractivity contribution in [3.8, 4) is 0 Å². The Balaban J connectivity index is 2.28. The van der Waals surface area contributed by atoms with Crippen LogP contribution in [-0.2, 0) is 9.47 Å². The summed E-state index contributed by atoms with van der Waals surface area (Å²) in [5.74, 6) is -0.374. The molecule has 2 rings (SSSR count). The predicted molar refractivity (Wildman–Crippen MR) is 79.0 cm³/mol. The second kappa shape index (κ2) is 6.13. The fraction of sp³-hybridized carbons (Fsp3) is 0.533. The molecule has 110 valence electrons. The molecule has 20 heavy (non-hydrogen) atoms. The highest BCUT2D eigenvalue weighted by Gasteiger charge is 2.25. The number of benzene rings is 1. The molecule has 5 heteroatoms. The topological polar surface area (TPSA) is 64.8 Å². The smallest absolute Gasteiger partial charge is 0.340 e. The van der Waals surface area contributed by atoms with Gasteiger partial charge in [-0.3, -0.25) is 0 Å². The molecule has 0 saturated carbocycles. The van der Waals surface area contributed by atoms with Crippen molar-refractivity contribution in [2.45, 2.75) is 33.0 Å². The molecule has 0 aromatic heterocycles. The number of ether oxygens (including phenoxy) is 2. The van der Waals surface area contributed by atoms with Gasteiger partial charge in [0.1, 0.15) is 0 Å². The van der Waals surface area contributed by atoms with Gasteiger partial charge in [-0.1, -0.05) is 6.07 Å². The van der Waals surface area contributed by atoms with Gasteiger partial charge in [0.05, 0.1) is 35.8 Å². The molecule has 5 nitrogen and oxygen atoms in total. The van der Waals surface area contributed by atoms with E-state index >= 15 is 0 Å². The number of nitrogens with zero attached hydrogens (tertiary/aromatic N) is 1. The van der Waals surface area contributed by atoms with Gasteiger partial charge in [0, 0.05) is 13.1 Å². The molecule has 1 aliphatic rings. The van der Waals surface area contributed by atoms with Crippen LogP contribution in [0.15, 0.2) is 18.2 Å². The van der Waals surface area contributed by atoms with Gasteiger partial charge in [0.2, 0.25) is 0 Å². The number of carbonyl (C=O) groups is 1. The molecule has 0 aliphatic carbocycles. The number of morpholine rings is 1. The van der Waals surface area contributed by atoms with Gasteiger partial charge in [-0.25, -0.2) is 4.79 Å². The minimum Gasteiger partial charge on any atom is -0.462 e. The first-order chi connectivity index (χ1) is 9.52. The number of nitrogen functional groups attached to an aromatic ring is 1. The van der Waals surface area contributed by atoms with Crippen molar-refractivity contribution >= 4 is 17.3 Å². The molecule has 1 fully saturated rings. The first-order valence-electron chi connectivity index (χ1n) is 6.99. The van der Waals surface area contributed by atoms with Gasteiger partial charge in [-0.15, -0.1) is 0 Å². The van der Waals surface area contributed by atoms with E-state index in [4.69, 9.17) is 15.2 Å². The quantitative estimate of drug-likeness (QED) is 0.677. The largest absolute Gasteiger partial charge is 0.462 e. The van der Waals surface area contributed by atoms with Crippen LogP contribution in [-0.4, -0.2) is 37.9 Å². The second-order valence-corrected chi connectivity index (χ2v) is 5.12. The number of hydrogen-bond acceptors (Lipinski definition) is 5. The average Bonchev–Trinajstić information content (AvgIpc) is 2.38. The van der Waals surface area contributed by atoms with E-state index in [9.17, 15) is 4.79 Å². The Bertz CT molecular complexity index is 480. The van der Waals surface area contributed by atoms with Gasteiger partial charge >= 0.3 is 5.97 Å². The van der Waals surface area contributed by atoms with E-state index in [1.807, 2.05) is 26.0 Å². The summed E-state index contributed by atoms with van der Waals surface area (Å²) >= 11 is 0. The van der Waals surface area contributed by atoms with E-state index in [0.29, 0.717) is 17.9 Å². The lowest BCUT2D eigenvalue weighted by Crippen LogP contribution is -2.45. The molecule has 0 bridgehead atoms. The minimum absolute atomic E-state index is 0.143. The third-order valence-electron chi connectivity index (χ3n) is 3.34. The minimum atomic E-state index is -0.374. The van der Waals surface area contributed by atoms with E-state index < -0.39 is 0 Å². The van der Waals surface area contributed by atoms with E-state index in [0.717, 1.165) is 18.8 Å². The molecule has 2 atom stereocenters. The Kier molecular flexibility index (Phi) is 4.49. The van der Waals surface area contributed by atoms with Gasteiger partial charge < -0.3 is 20.1 Å². The predicted octanol–water partition coefficient (Wildman–Crippen LogP) is 2.06. The van der Waals surface area contributed by atoms with Crippen molar-refractivity contribution in [3.05, 3.63) is 23.8 Å². The van der Waals surface area contributed by atoms with Crippen LogP contribution in [0.1, 0.15) is 31.1 Å². The summed E-state index contributed by atoms with van der Waals surface area (Å²) in [5.41, 5.74) is 7.93. The number of carbonyl (C=O) groups excluding carboxylic acids is 1. The first kappa shape index (κ1) is 14.7. The fourth-order valence-electron chi connectivity index (χ4n) is 2.59. The van der Waals surface area contributed by atoms with E-state index in [1.54, 1.807) is 13.0 Å². The number of nitrogens with two attached hydrogens (primary N) is 1. The van der Waals surface area contributed by atoms with Crippen molar-refractivity contribution in [1.82, 2.24) is 0 Å². The molecule has 0 spiro atoms. The number of rotatable bonds is 3. The van der Waals surface area contributed by atoms with Crippen molar-refractivity contribution in [3.63, 3.8) is 0 Å². The van der Waals surface area contributed by atoms with Crippen molar-refractivity contribution in [2.75, 3.05) is 30.3 Å². The third kappa shape index (κ3) is 3.04. The highest BCUT2D eigenvalue weighted by atomic mass is 16.5. The lowest BCUT2D eigenvalue weighted by atomic mass is 10.1. The van der Waals surface area contributed by atoms with E-state index in [1.165, 1.54) is 0 Å². The Morgan fingerprint density at radius 2 is 2.05 bits per heavy atom. The summed E-state index contributed by atoms with van der Waals surface area (Å²) in [6.45, 7) is 7.72. The van der Waals surface area contributed by atoms with Crippen LogP contribution in [0, 0.1) is 0 Å². The van der Waals surface area contributed by atoms with Crippen molar-refractivity contribution < 1.29 is 14.3 Å². The van der Waals surface area contributed by atoms with E-state index in [-0.39, 0.29) is 18.2 Å². The molecular formula is C15H22N2O3. The molecule has 1 aliphatic heterocycles. The second-order valence-electron chi connectivity index (χ2n) is 5.12. The number of esters is 1. The molecule has 0 amide bonds. The molecule has 1 saturated heterocycles. The molecule has 0 radical (unpaired) electrons. The number of para-hydroxylation sites is 1. The Morgan fingerprint density at radius 3 is 2.65 bits per heavy atom. The maximum atomic E-state index is 11.9. The van der Waals surface area contributed by atoms with Gasteiger partial charge in [-0.05, 0) is 32.9 Å². The van der Waals surface area contributed by atoms with Crippen LogP contribution >= 0.6 is 0 Å². The number of hydrogen-bond donors (Lipinski definition) is 1. The monoisotopic (exact) mass is 278 g/mol. The molecule has 2 N–H and O–H groups in total. The van der Waals surface area contributed by atoms with Gasteiger partial charge in [0.25, 0.3) is 0 Å². The van der Waals surface area contributed by atoms with Crippen LogP contribution in [0.4, 0.5) is 11.4 Å². The molecule has 1 heterocycles. The zero-order valence-electron chi connectivity index (χ0n) is 12.3. The molecule has 1 aromatic rings. The standard InChI is InChI=1S/C15H22N2O3/c1-4-19-15(18)12-6-5-7-13(14(12)16)17-8-10(2)20-11(3)9-17/h5-7,10-11H,4,8-9,16H2,1-3H3/t10-,11+. The summed E-state index contributed by atoms with van der Waals surface area (Å²) in [7, 11) is 0. The molecular weight excluding hydrogens is 256 g/mol. The third-order valence-corrected chi connectivity index (χ3v) is 3.34. The lowest BCUT2D eigenvalue weighted by molar-refractivity contribution is -0.00517. The van der Waals surface area contributed by atoms with Crippen LogP contribution in [0.3, 0.4) is 0 Å². The normalized spacial score (nSPS) is 22.6. The van der Waals surface area contributed by atoms with Crippen LogP contribution in [0.2, 0.25) is 0 Å². The van der Waals surface area contributed by atoms with Crippen molar-refractivity contribution in [2.24, 2.45) is 0 Å². The van der Waals surface area contributed by atoms with Gasteiger partial charge in [0.15, 0.2) is 0 Å². The Labute approximate surface area is 119 Å². The molecule has 0 unspecified atom stereocenters. The summed E-state index contributed by atoms with van der Waals surface area (Å²) in [4.78, 5) is 14.0. The summed E-state index contributed by atoms with van der Waals surface area (Å²) < 4.78 is 10.8. The SMILES string of the molecule is CCOC(=O)c1cccc(N2C[C@@H](C)O[C@@H](C)C2)c1N. The highest BCUT2D eigenvalue weighted by molar-refractivity contribution is 5.98. The zero-order chi connectivity index (χ0) is 14.7. The highest BCUT2D eigenvalue weighted by Crippen LogP contribution is 2.29. The first-order valence-corrected chi connectivity index (χ1v) is 6.99. The maximum Gasteiger partial charge on any atom is 0.340 e. The molecule has 1 aromatic carbocycles. The van der Waals surface area contributed by atoms with Crippen LogP contribution < -0.4 is 10.6 Å². The van der Waals surface area contributed by atoms with Gasteiger partial charge in [-0.2, -0.15) is 0 Å². The van der Waals surface area contributed by atoms with E-state index in [2.05, 4.69) is 4.90 Å². The van der Waals surface area contributed by atoms with Crippen molar-refractivity contribution in [1.29, 1.82) is 0 Å². The Morgan fingerprint density at radius 1 is 1.40 bits per heavy atom. The summed E-state index contributed by atoms with van der Waals surface area (Å²) in [6, 6.07) is 5.47.